The van der Waals surface area contributed by atoms with E-state index in [0.29, 0.717) is 18.9 Å². The van der Waals surface area contributed by atoms with Crippen LogP contribution in [0.5, 0.6) is 17.2 Å². The van der Waals surface area contributed by atoms with Crippen molar-refractivity contribution in [2.45, 2.75) is 18.9 Å². The van der Waals surface area contributed by atoms with Gasteiger partial charge in [-0.2, -0.15) is 0 Å². The lowest BCUT2D eigenvalue weighted by molar-refractivity contribution is -0.133. The molecule has 38 heavy (non-hydrogen) atoms. The van der Waals surface area contributed by atoms with Crippen LogP contribution in [0.3, 0.4) is 0 Å². The molecule has 0 unspecified atom stereocenters. The Kier molecular flexibility index (Phi) is 7.60. The van der Waals surface area contributed by atoms with Gasteiger partial charge in [0.2, 0.25) is 5.91 Å². The van der Waals surface area contributed by atoms with Crippen molar-refractivity contribution in [2.75, 3.05) is 33.8 Å². The first kappa shape index (κ1) is 25.4. The van der Waals surface area contributed by atoms with E-state index < -0.39 is 0 Å². The number of imidazole rings is 1. The summed E-state index contributed by atoms with van der Waals surface area (Å²) in [4.78, 5) is 29.3. The Labute approximate surface area is 222 Å². The number of hydrogen-bond donors (Lipinski definition) is 0. The van der Waals surface area contributed by atoms with E-state index in [1.54, 1.807) is 40.5 Å². The summed E-state index contributed by atoms with van der Waals surface area (Å²) < 4.78 is 15.0. The Hall–Kier alpha value is -4.30. The van der Waals surface area contributed by atoms with E-state index in [1.807, 2.05) is 78.9 Å². The van der Waals surface area contributed by atoms with Gasteiger partial charge in [0.1, 0.15) is 23.9 Å². The number of aromatic nitrogens is 2. The van der Waals surface area contributed by atoms with Crippen LogP contribution in [0, 0.1) is 0 Å². The first-order valence-corrected chi connectivity index (χ1v) is 12.8. The zero-order chi connectivity index (χ0) is 26.5. The third-order valence-corrected chi connectivity index (χ3v) is 6.72. The Bertz CT molecular complexity index is 1410. The summed E-state index contributed by atoms with van der Waals surface area (Å²) in [7, 11) is 3.60. The van der Waals surface area contributed by atoms with Crippen molar-refractivity contribution in [3.63, 3.8) is 0 Å². The molecule has 0 radical (unpaired) electrons. The quantitative estimate of drug-likeness (QED) is 0.334. The molecular weight excluding hydrogens is 480 g/mol. The number of ether oxygens (including phenoxy) is 2. The van der Waals surface area contributed by atoms with Gasteiger partial charge in [-0.25, -0.2) is 4.79 Å². The number of likely N-dealkylation sites (tertiary alicyclic amines) is 1. The molecule has 0 spiro atoms. The van der Waals surface area contributed by atoms with Gasteiger partial charge in [-0.15, -0.1) is 0 Å². The van der Waals surface area contributed by atoms with E-state index >= 15 is 0 Å². The van der Waals surface area contributed by atoms with E-state index in [0.717, 1.165) is 42.3 Å². The maximum Gasteiger partial charge on any atom is 0.337 e. The number of hydrogen-bond acceptors (Lipinski definition) is 5. The second-order valence-electron chi connectivity index (χ2n) is 9.50. The molecule has 1 amide bonds. The Morgan fingerprint density at radius 2 is 1.42 bits per heavy atom. The van der Waals surface area contributed by atoms with Crippen LogP contribution >= 0.6 is 0 Å². The number of carbonyl (C=O) groups is 1. The highest BCUT2D eigenvalue weighted by Gasteiger charge is 2.31. The molecule has 1 fully saturated rings. The van der Waals surface area contributed by atoms with Gasteiger partial charge in [-0.3, -0.25) is 18.8 Å². The van der Waals surface area contributed by atoms with E-state index in [2.05, 4.69) is 4.90 Å². The molecule has 1 saturated heterocycles. The second kappa shape index (κ2) is 11.4. The Morgan fingerprint density at radius 1 is 0.842 bits per heavy atom. The van der Waals surface area contributed by atoms with E-state index in [4.69, 9.17) is 9.47 Å². The van der Waals surface area contributed by atoms with Crippen LogP contribution in [0.4, 0.5) is 0 Å². The molecule has 8 heteroatoms. The molecule has 1 aliphatic heterocycles. The molecule has 5 rings (SSSR count). The van der Waals surface area contributed by atoms with Crippen molar-refractivity contribution < 1.29 is 14.3 Å². The molecule has 1 aliphatic rings. The Morgan fingerprint density at radius 3 is 2.03 bits per heavy atom. The molecule has 3 aromatic carbocycles. The standard InChI is InChI=1S/C30H32N4O4/c1-31(2)29(35)28-9-6-18-32(28)21-22-37-25-14-10-23(11-15-25)33-19-20-34(30(33)36)24-12-16-27(17-13-24)38-26-7-4-3-5-8-26/h3-5,7-8,10-17,19-20,28H,6,9,18,21-22H2,1-2H3/t28-/m0/s1. The fourth-order valence-electron chi connectivity index (χ4n) is 4.72. The van der Waals surface area contributed by atoms with Crippen molar-refractivity contribution in [3.8, 4) is 28.6 Å². The summed E-state index contributed by atoms with van der Waals surface area (Å²) in [5.74, 6) is 2.34. The van der Waals surface area contributed by atoms with Gasteiger partial charge in [-0.1, -0.05) is 18.2 Å². The lowest BCUT2D eigenvalue weighted by atomic mass is 10.2. The van der Waals surface area contributed by atoms with Crippen LogP contribution in [-0.4, -0.2) is 64.7 Å². The zero-order valence-electron chi connectivity index (χ0n) is 21.7. The molecule has 1 atom stereocenters. The fraction of sp³-hybridized carbons (Fsp3) is 0.267. The average Bonchev–Trinajstić information content (AvgIpc) is 3.56. The monoisotopic (exact) mass is 512 g/mol. The molecule has 196 valence electrons. The number of rotatable bonds is 9. The lowest BCUT2D eigenvalue weighted by Crippen LogP contribution is -2.44. The largest absolute Gasteiger partial charge is 0.492 e. The van der Waals surface area contributed by atoms with Crippen LogP contribution < -0.4 is 15.2 Å². The second-order valence-corrected chi connectivity index (χ2v) is 9.50. The SMILES string of the molecule is CN(C)C(=O)[C@@H]1CCCN1CCOc1ccc(-n2ccn(-c3ccc(Oc4ccccc4)cc3)c2=O)cc1. The van der Waals surface area contributed by atoms with Crippen LogP contribution in [0.2, 0.25) is 0 Å². The number of likely N-dealkylation sites (N-methyl/N-ethyl adjacent to an activating group) is 1. The molecule has 2 heterocycles. The zero-order valence-corrected chi connectivity index (χ0v) is 21.7. The van der Waals surface area contributed by atoms with Gasteiger partial charge in [0.05, 0.1) is 17.4 Å². The summed E-state index contributed by atoms with van der Waals surface area (Å²) >= 11 is 0. The average molecular weight is 513 g/mol. The van der Waals surface area contributed by atoms with Gasteiger partial charge in [0.15, 0.2) is 0 Å². The van der Waals surface area contributed by atoms with Crippen molar-refractivity contribution in [1.29, 1.82) is 0 Å². The minimum absolute atomic E-state index is 0.0560. The van der Waals surface area contributed by atoms with Crippen LogP contribution in [0.25, 0.3) is 11.4 Å². The predicted octanol–water partition coefficient (Wildman–Crippen LogP) is 4.35. The van der Waals surface area contributed by atoms with Crippen LogP contribution in [0.15, 0.2) is 96.1 Å². The van der Waals surface area contributed by atoms with E-state index in [-0.39, 0.29) is 17.6 Å². The highest BCUT2D eigenvalue weighted by Crippen LogP contribution is 2.23. The predicted molar refractivity (Wildman–Crippen MR) is 147 cm³/mol. The normalized spacial score (nSPS) is 15.4. The van der Waals surface area contributed by atoms with Crippen molar-refractivity contribution >= 4 is 5.91 Å². The summed E-state index contributed by atoms with van der Waals surface area (Å²) in [6, 6.07) is 24.4. The molecular formula is C30H32N4O4. The highest BCUT2D eigenvalue weighted by atomic mass is 16.5. The minimum atomic E-state index is -0.166. The van der Waals surface area contributed by atoms with Crippen molar-refractivity contribution in [2.24, 2.45) is 0 Å². The third-order valence-electron chi connectivity index (χ3n) is 6.72. The molecule has 0 aliphatic carbocycles. The van der Waals surface area contributed by atoms with Crippen molar-refractivity contribution in [3.05, 3.63) is 102 Å². The van der Waals surface area contributed by atoms with Gasteiger partial charge in [0.25, 0.3) is 0 Å². The number of carbonyl (C=O) groups excluding carboxylic acids is 1. The summed E-state index contributed by atoms with van der Waals surface area (Å²) in [5, 5.41) is 0. The van der Waals surface area contributed by atoms with Gasteiger partial charge < -0.3 is 14.4 Å². The molecule has 0 bridgehead atoms. The number of para-hydroxylation sites is 1. The van der Waals surface area contributed by atoms with Gasteiger partial charge in [-0.05, 0) is 80.1 Å². The maximum atomic E-state index is 13.1. The third kappa shape index (κ3) is 5.65. The van der Waals surface area contributed by atoms with Gasteiger partial charge >= 0.3 is 5.69 Å². The minimum Gasteiger partial charge on any atom is -0.492 e. The topological polar surface area (TPSA) is 68.9 Å². The van der Waals surface area contributed by atoms with E-state index in [9.17, 15) is 9.59 Å². The highest BCUT2D eigenvalue weighted by molar-refractivity contribution is 5.81. The maximum absolute atomic E-state index is 13.1. The summed E-state index contributed by atoms with van der Waals surface area (Å²) in [5.41, 5.74) is 1.34. The number of benzene rings is 3. The molecule has 8 nitrogen and oxygen atoms in total. The van der Waals surface area contributed by atoms with Gasteiger partial charge in [0, 0.05) is 33.0 Å². The first-order chi connectivity index (χ1) is 18.5. The van der Waals surface area contributed by atoms with E-state index in [1.165, 1.54) is 0 Å². The fourth-order valence-corrected chi connectivity index (χ4v) is 4.72. The molecule has 0 N–H and O–H groups in total. The molecule has 1 aromatic heterocycles. The smallest absolute Gasteiger partial charge is 0.337 e. The molecule has 4 aromatic rings. The summed E-state index contributed by atoms with van der Waals surface area (Å²) in [6.07, 6.45) is 5.42. The Balaban J connectivity index is 1.19. The summed E-state index contributed by atoms with van der Waals surface area (Å²) in [6.45, 7) is 2.11. The lowest BCUT2D eigenvalue weighted by Gasteiger charge is -2.25. The number of nitrogens with zero attached hydrogens (tertiary/aromatic N) is 4. The van der Waals surface area contributed by atoms with Crippen molar-refractivity contribution in [1.82, 2.24) is 18.9 Å². The van der Waals surface area contributed by atoms with Crippen LogP contribution in [0.1, 0.15) is 12.8 Å². The van der Waals surface area contributed by atoms with Crippen LogP contribution in [-0.2, 0) is 4.79 Å². The molecule has 0 saturated carbocycles. The number of amides is 1. The first-order valence-electron chi connectivity index (χ1n) is 12.8.